The quantitative estimate of drug-likeness (QED) is 0.795. The molecule has 0 saturated carbocycles. The molecule has 0 aliphatic carbocycles. The molecule has 1 unspecified atom stereocenters. The van der Waals surface area contributed by atoms with Crippen molar-refractivity contribution in [2.75, 3.05) is 19.0 Å². The maximum absolute atomic E-state index is 12.4. The largest absolute Gasteiger partial charge is 0.467 e. The van der Waals surface area contributed by atoms with Gasteiger partial charge >= 0.3 is 12.1 Å². The van der Waals surface area contributed by atoms with Gasteiger partial charge < -0.3 is 15.2 Å². The number of pyridine rings is 1. The van der Waals surface area contributed by atoms with Crippen LogP contribution in [0, 0.1) is 0 Å². The number of methoxy groups -OCH3 is 1. The number of hydrogen-bond donors (Lipinski definition) is 2. The van der Waals surface area contributed by atoms with E-state index in [1.54, 1.807) is 0 Å². The summed E-state index contributed by atoms with van der Waals surface area (Å²) in [5.41, 5.74) is -0.901. The highest BCUT2D eigenvalue weighted by Gasteiger charge is 2.31. The van der Waals surface area contributed by atoms with E-state index in [-0.39, 0.29) is 5.82 Å². The number of anilines is 1. The van der Waals surface area contributed by atoms with Gasteiger partial charge in [0.15, 0.2) is 0 Å². The normalized spacial score (nSPS) is 12.9. The highest BCUT2D eigenvalue weighted by atomic mass is 19.4. The Morgan fingerprint density at radius 2 is 2.28 bits per heavy atom. The number of hydrogen-bond acceptors (Lipinski definition) is 5. The van der Waals surface area contributed by atoms with E-state index < -0.39 is 30.4 Å². The van der Waals surface area contributed by atoms with Crippen LogP contribution in [-0.2, 0) is 15.7 Å². The number of rotatable bonds is 4. The van der Waals surface area contributed by atoms with Gasteiger partial charge in [-0.1, -0.05) is 0 Å². The first-order chi connectivity index (χ1) is 8.38. The molecule has 1 atom stereocenters. The first-order valence-corrected chi connectivity index (χ1v) is 4.87. The van der Waals surface area contributed by atoms with Crippen LogP contribution in [0.1, 0.15) is 5.56 Å². The standard InChI is InChI=1S/C10H11F3N2O3/c1-18-9(17)7(5-16)15-8-4-6(2-3-14-8)10(11,12)13/h2-4,7,16H,5H2,1H3,(H,14,15). The van der Waals surface area contributed by atoms with Gasteiger partial charge in [0.1, 0.15) is 11.9 Å². The Balaban J connectivity index is 2.88. The van der Waals surface area contributed by atoms with Gasteiger partial charge in [-0.25, -0.2) is 9.78 Å². The highest BCUT2D eigenvalue weighted by molar-refractivity contribution is 5.78. The van der Waals surface area contributed by atoms with Crippen LogP contribution in [0.25, 0.3) is 0 Å². The van der Waals surface area contributed by atoms with Crippen LogP contribution in [0.5, 0.6) is 0 Å². The maximum atomic E-state index is 12.4. The van der Waals surface area contributed by atoms with E-state index in [2.05, 4.69) is 15.0 Å². The molecule has 2 N–H and O–H groups in total. The predicted octanol–water partition coefficient (Wildman–Crippen LogP) is 1.05. The van der Waals surface area contributed by atoms with Crippen LogP contribution >= 0.6 is 0 Å². The predicted molar refractivity (Wildman–Crippen MR) is 55.8 cm³/mol. The fourth-order valence-electron chi connectivity index (χ4n) is 1.19. The number of nitrogens with one attached hydrogen (secondary N) is 1. The summed E-state index contributed by atoms with van der Waals surface area (Å²) < 4.78 is 41.6. The van der Waals surface area contributed by atoms with Gasteiger partial charge in [-0.3, -0.25) is 0 Å². The lowest BCUT2D eigenvalue weighted by Crippen LogP contribution is -2.34. The summed E-state index contributed by atoms with van der Waals surface area (Å²) in [7, 11) is 1.10. The fourth-order valence-corrected chi connectivity index (χ4v) is 1.19. The Hall–Kier alpha value is -1.83. The highest BCUT2D eigenvalue weighted by Crippen LogP contribution is 2.29. The average Bonchev–Trinajstić information content (AvgIpc) is 2.34. The minimum atomic E-state index is -4.50. The smallest absolute Gasteiger partial charge is 0.416 e. The Labute approximate surface area is 101 Å². The van der Waals surface area contributed by atoms with Gasteiger partial charge in [-0.15, -0.1) is 0 Å². The van der Waals surface area contributed by atoms with Crippen molar-refractivity contribution in [3.8, 4) is 0 Å². The Morgan fingerprint density at radius 1 is 1.61 bits per heavy atom. The zero-order valence-corrected chi connectivity index (χ0v) is 9.36. The molecule has 0 aromatic carbocycles. The molecular weight excluding hydrogens is 253 g/mol. The van der Waals surface area contributed by atoms with E-state index in [0.29, 0.717) is 0 Å². The molecule has 8 heteroatoms. The van der Waals surface area contributed by atoms with Crippen molar-refractivity contribution >= 4 is 11.8 Å². The number of carbonyl (C=O) groups is 1. The summed E-state index contributed by atoms with van der Waals surface area (Å²) in [6.07, 6.45) is -3.55. The van der Waals surface area contributed by atoms with Crippen molar-refractivity contribution in [1.29, 1.82) is 0 Å². The third-order valence-electron chi connectivity index (χ3n) is 2.08. The van der Waals surface area contributed by atoms with Gasteiger partial charge in [0, 0.05) is 6.20 Å². The zero-order valence-electron chi connectivity index (χ0n) is 9.36. The average molecular weight is 264 g/mol. The number of nitrogens with zero attached hydrogens (tertiary/aromatic N) is 1. The van der Waals surface area contributed by atoms with Crippen molar-refractivity contribution in [3.63, 3.8) is 0 Å². The molecule has 0 radical (unpaired) electrons. The lowest BCUT2D eigenvalue weighted by molar-refractivity contribution is -0.142. The molecule has 0 spiro atoms. The van der Waals surface area contributed by atoms with Crippen molar-refractivity contribution in [2.45, 2.75) is 12.2 Å². The van der Waals surface area contributed by atoms with Crippen LogP contribution in [0.15, 0.2) is 18.3 Å². The summed E-state index contributed by atoms with van der Waals surface area (Å²) in [5.74, 6) is -0.967. The first-order valence-electron chi connectivity index (χ1n) is 4.87. The number of ether oxygens (including phenoxy) is 1. The minimum Gasteiger partial charge on any atom is -0.467 e. The summed E-state index contributed by atoms with van der Waals surface area (Å²) >= 11 is 0. The lowest BCUT2D eigenvalue weighted by atomic mass is 10.2. The topological polar surface area (TPSA) is 71.5 Å². The molecule has 1 heterocycles. The Bertz CT molecular complexity index is 423. The molecule has 1 aromatic rings. The van der Waals surface area contributed by atoms with Gasteiger partial charge in [-0.05, 0) is 12.1 Å². The van der Waals surface area contributed by atoms with Crippen LogP contribution in [0.4, 0.5) is 19.0 Å². The minimum absolute atomic E-state index is 0.172. The van der Waals surface area contributed by atoms with Crippen molar-refractivity contribution < 1.29 is 27.8 Å². The van der Waals surface area contributed by atoms with Crippen molar-refractivity contribution in [3.05, 3.63) is 23.9 Å². The number of alkyl halides is 3. The molecule has 0 amide bonds. The number of aliphatic hydroxyl groups excluding tert-OH is 1. The van der Waals surface area contributed by atoms with Crippen molar-refractivity contribution in [1.82, 2.24) is 4.98 Å². The second-order valence-corrected chi connectivity index (χ2v) is 3.33. The summed E-state index contributed by atoms with van der Waals surface area (Å²) in [6, 6.07) is 0.383. The van der Waals surface area contributed by atoms with Crippen LogP contribution in [-0.4, -0.2) is 35.8 Å². The molecule has 0 fully saturated rings. The number of carbonyl (C=O) groups excluding carboxylic acids is 1. The Kier molecular flexibility index (Phi) is 4.49. The van der Waals surface area contributed by atoms with Crippen LogP contribution in [0.3, 0.4) is 0 Å². The lowest BCUT2D eigenvalue weighted by Gasteiger charge is -2.15. The third kappa shape index (κ3) is 3.59. The molecule has 0 saturated heterocycles. The summed E-state index contributed by atoms with van der Waals surface area (Å²) in [4.78, 5) is 14.8. The number of aromatic nitrogens is 1. The molecule has 0 bridgehead atoms. The number of halogens is 3. The van der Waals surface area contributed by atoms with Gasteiger partial charge in [0.25, 0.3) is 0 Å². The van der Waals surface area contributed by atoms with Gasteiger partial charge in [0.05, 0.1) is 19.3 Å². The van der Waals surface area contributed by atoms with E-state index in [9.17, 15) is 18.0 Å². The van der Waals surface area contributed by atoms with E-state index >= 15 is 0 Å². The third-order valence-corrected chi connectivity index (χ3v) is 2.08. The molecule has 5 nitrogen and oxygen atoms in total. The molecular formula is C10H11F3N2O3. The second kappa shape index (κ2) is 5.67. The van der Waals surface area contributed by atoms with Crippen molar-refractivity contribution in [2.24, 2.45) is 0 Å². The van der Waals surface area contributed by atoms with E-state index in [1.807, 2.05) is 0 Å². The van der Waals surface area contributed by atoms with E-state index in [1.165, 1.54) is 0 Å². The first kappa shape index (κ1) is 14.2. The summed E-state index contributed by atoms with van der Waals surface area (Å²) in [6.45, 7) is -0.620. The molecule has 18 heavy (non-hydrogen) atoms. The summed E-state index contributed by atoms with van der Waals surface area (Å²) in [5, 5.41) is 11.3. The van der Waals surface area contributed by atoms with E-state index in [0.717, 1.165) is 25.4 Å². The zero-order chi connectivity index (χ0) is 13.8. The van der Waals surface area contributed by atoms with Crippen LogP contribution < -0.4 is 5.32 Å². The van der Waals surface area contributed by atoms with Gasteiger partial charge in [0.2, 0.25) is 0 Å². The molecule has 0 aliphatic heterocycles. The number of aliphatic hydroxyl groups is 1. The Morgan fingerprint density at radius 3 is 2.78 bits per heavy atom. The number of esters is 1. The van der Waals surface area contributed by atoms with Crippen LogP contribution in [0.2, 0.25) is 0 Å². The second-order valence-electron chi connectivity index (χ2n) is 3.33. The molecule has 100 valence electrons. The monoisotopic (exact) mass is 264 g/mol. The van der Waals surface area contributed by atoms with E-state index in [4.69, 9.17) is 5.11 Å². The molecule has 1 rings (SSSR count). The molecule has 0 aliphatic rings. The molecule has 1 aromatic heterocycles. The maximum Gasteiger partial charge on any atom is 0.416 e. The SMILES string of the molecule is COC(=O)C(CO)Nc1cc(C(F)(F)F)ccn1. The fraction of sp³-hybridized carbons (Fsp3) is 0.400. The van der Waals surface area contributed by atoms with Gasteiger partial charge in [-0.2, -0.15) is 13.2 Å².